The van der Waals surface area contributed by atoms with Crippen LogP contribution in [0.1, 0.15) is 207 Å². The number of fused-ring (bicyclic) bond motifs is 5. The summed E-state index contributed by atoms with van der Waals surface area (Å²) in [6, 6.07) is 52.0. The van der Waals surface area contributed by atoms with Crippen LogP contribution in [0.5, 0.6) is 0 Å². The molecule has 0 spiro atoms. The van der Waals surface area contributed by atoms with Crippen LogP contribution >= 0.6 is 17.0 Å². The van der Waals surface area contributed by atoms with Crippen molar-refractivity contribution in [1.82, 2.24) is 0 Å². The van der Waals surface area contributed by atoms with Gasteiger partial charge in [-0.2, -0.15) is 41.6 Å². The van der Waals surface area contributed by atoms with Gasteiger partial charge in [0.25, 0.3) is 0 Å². The fourth-order valence-electron chi connectivity index (χ4n) is 10.4. The Morgan fingerprint density at radius 1 is 0.500 bits per heavy atom. The van der Waals surface area contributed by atoms with Gasteiger partial charge in [0, 0.05) is 0 Å². The zero-order chi connectivity index (χ0) is 55.9. The number of hydrogen-bond acceptors (Lipinski definition) is 0. The van der Waals surface area contributed by atoms with E-state index in [1.807, 2.05) is 6.07 Å². The Morgan fingerprint density at radius 3 is 1.25 bits per heavy atom. The van der Waals surface area contributed by atoms with E-state index in [2.05, 4.69) is 252 Å². The van der Waals surface area contributed by atoms with Crippen molar-refractivity contribution in [3.8, 4) is 33.4 Å². The first-order chi connectivity index (χ1) is 35.7. The maximum Gasteiger partial charge on any atom is 0.0920 e. The molecule has 0 unspecified atom stereocenters. The average molecular weight is 1140 g/mol. The Hall–Kier alpha value is -3.78. The van der Waals surface area contributed by atoms with Crippen LogP contribution in [-0.4, -0.2) is 9.52 Å². The van der Waals surface area contributed by atoms with Gasteiger partial charge in [0.2, 0.25) is 0 Å². The molecule has 0 bridgehead atoms. The second-order valence-electron chi connectivity index (χ2n) is 26.1. The molecule has 2 radical (unpaired) electrons. The van der Waals surface area contributed by atoms with Crippen LogP contribution in [0.15, 0.2) is 127 Å². The molecule has 9 rings (SSSR count). The number of halogens is 2. The summed E-state index contributed by atoms with van der Waals surface area (Å²) < 4.78 is 0. The standard InChI is InChI=1S/2C30H41.C12H7Si.2ClH.Zr/c2*1-10-11-12-21-15-22-13-14-26(20(2)3)28(27(22)16-21)23-17-24(29(4,5)6)19-25(18-23)30(7,8)9;1-3-7-11-9(5-1)10-6-2-4-8-12(10)13-11;;;/h2*13-20H,10-12H2,1-9H3;1-7H;2*1H;/q3*-1;;;+2/p-2. The van der Waals surface area contributed by atoms with Gasteiger partial charge in [0.15, 0.2) is 0 Å². The molecule has 0 saturated carbocycles. The molecule has 8 aromatic rings. The van der Waals surface area contributed by atoms with Crippen molar-refractivity contribution in [3.05, 3.63) is 178 Å². The number of benzene rings is 6. The molecule has 4 heteroatoms. The van der Waals surface area contributed by atoms with Crippen LogP contribution in [0, 0.1) is 6.07 Å². The van der Waals surface area contributed by atoms with Gasteiger partial charge in [-0.15, -0.1) is 74.6 Å². The summed E-state index contributed by atoms with van der Waals surface area (Å²) in [6.45, 7) is 41.8. The summed E-state index contributed by atoms with van der Waals surface area (Å²) in [5, 5.41) is 8.46. The van der Waals surface area contributed by atoms with Crippen LogP contribution < -0.4 is 10.4 Å². The molecular weight excluding hydrogens is 1060 g/mol. The van der Waals surface area contributed by atoms with Crippen molar-refractivity contribution < 1.29 is 20.8 Å². The number of aryl methyl sites for hydroxylation is 2. The van der Waals surface area contributed by atoms with E-state index in [4.69, 9.17) is 17.0 Å². The minimum absolute atomic E-state index is 0.125. The van der Waals surface area contributed by atoms with Crippen molar-refractivity contribution in [2.45, 2.75) is 197 Å². The zero-order valence-corrected chi connectivity index (χ0v) is 54.7. The molecule has 8 aromatic carbocycles. The van der Waals surface area contributed by atoms with Gasteiger partial charge in [0.1, 0.15) is 0 Å². The summed E-state index contributed by atoms with van der Waals surface area (Å²) in [5.74, 6) is 0.990. The van der Waals surface area contributed by atoms with E-state index in [9.17, 15) is 0 Å². The zero-order valence-electron chi connectivity index (χ0n) is 49.8. The molecule has 0 N–H and O–H groups in total. The molecule has 402 valence electrons. The quantitative estimate of drug-likeness (QED) is 0.0946. The summed E-state index contributed by atoms with van der Waals surface area (Å²) in [5.41, 5.74) is 20.5. The molecule has 0 aliphatic carbocycles. The van der Waals surface area contributed by atoms with Gasteiger partial charge in [-0.05, 0) is 79.7 Å². The average Bonchev–Trinajstić information content (AvgIpc) is 4.10. The minimum Gasteiger partial charge on any atom is -0.184 e. The maximum atomic E-state index is 4.93. The number of rotatable bonds is 10. The predicted octanol–water partition coefficient (Wildman–Crippen LogP) is 21.1. The van der Waals surface area contributed by atoms with E-state index >= 15 is 0 Å². The largest absolute Gasteiger partial charge is 0.184 e. The van der Waals surface area contributed by atoms with Gasteiger partial charge >= 0.3 is 37.9 Å². The van der Waals surface area contributed by atoms with E-state index in [1.165, 1.54) is 148 Å². The molecule has 1 aliphatic heterocycles. The summed E-state index contributed by atoms with van der Waals surface area (Å²) >= 11 is -0.826. The second-order valence-corrected chi connectivity index (χ2v) is 31.1. The van der Waals surface area contributed by atoms with Gasteiger partial charge in [-0.1, -0.05) is 244 Å². The molecule has 0 nitrogen and oxygen atoms in total. The topological polar surface area (TPSA) is 0 Å². The first-order valence-corrected chi connectivity index (χ1v) is 35.6. The fourth-order valence-corrected chi connectivity index (χ4v) is 11.7. The van der Waals surface area contributed by atoms with Gasteiger partial charge in [-0.25, -0.2) is 0 Å². The van der Waals surface area contributed by atoms with Gasteiger partial charge < -0.3 is 0 Å². The van der Waals surface area contributed by atoms with E-state index in [0.717, 1.165) is 9.52 Å². The maximum absolute atomic E-state index is 4.93. The Kier molecular flexibility index (Phi) is 21.0. The fraction of sp³-hybridized carbons (Fsp3) is 0.417. The molecule has 0 amide bonds. The van der Waals surface area contributed by atoms with Crippen molar-refractivity contribution in [2.75, 3.05) is 0 Å². The van der Waals surface area contributed by atoms with Crippen LogP contribution in [0.25, 0.3) is 54.9 Å². The Labute approximate surface area is 483 Å². The number of unbranched alkanes of at least 4 members (excludes halogenated alkanes) is 2. The molecule has 0 aromatic heterocycles. The molecule has 1 aliphatic rings. The summed E-state index contributed by atoms with van der Waals surface area (Å²) in [4.78, 5) is 0. The van der Waals surface area contributed by atoms with Gasteiger partial charge in [-0.3, -0.25) is 0 Å². The normalized spacial score (nSPS) is 12.4. The van der Waals surface area contributed by atoms with Crippen LogP contribution in [0.4, 0.5) is 0 Å². The summed E-state index contributed by atoms with van der Waals surface area (Å²) in [7, 11) is 10.7. The second kappa shape index (κ2) is 26.0. The first-order valence-electron chi connectivity index (χ1n) is 28.3. The molecule has 0 saturated heterocycles. The Morgan fingerprint density at radius 2 is 0.882 bits per heavy atom. The molecule has 76 heavy (non-hydrogen) atoms. The van der Waals surface area contributed by atoms with Crippen LogP contribution in [0.3, 0.4) is 0 Å². The van der Waals surface area contributed by atoms with E-state index in [0.29, 0.717) is 11.8 Å². The first kappa shape index (κ1) is 61.4. The molecule has 0 fully saturated rings. The molecule has 0 atom stereocenters. The van der Waals surface area contributed by atoms with Crippen molar-refractivity contribution in [3.63, 3.8) is 0 Å². The van der Waals surface area contributed by atoms with E-state index in [-0.39, 0.29) is 21.7 Å². The van der Waals surface area contributed by atoms with Gasteiger partial charge in [0.05, 0.1) is 9.52 Å². The third kappa shape index (κ3) is 15.3. The minimum atomic E-state index is -0.826. The predicted molar refractivity (Wildman–Crippen MR) is 338 cm³/mol. The monoisotopic (exact) mass is 1140 g/mol. The number of hydrogen-bond donors (Lipinski definition) is 0. The third-order valence-corrected chi connectivity index (χ3v) is 16.5. The Bertz CT molecular complexity index is 2900. The molecule has 1 heterocycles. The van der Waals surface area contributed by atoms with Crippen molar-refractivity contribution in [1.29, 1.82) is 0 Å². The smallest absolute Gasteiger partial charge is 0.0920 e. The van der Waals surface area contributed by atoms with E-state index < -0.39 is 20.8 Å². The SMILES string of the molecule is CCCCc1cc2c(-c3cc(C(C)(C)C)cc(C(C)(C)C)c3)c(C(C)C)ccc2[cH-]1.CCCCc1cc2c(-c3cc(C(C)(C)C)cc(C(C)(C)C)c3)c(C(C)C)ccc2[cH-]1.[Cl][Zr][Cl].[c-]1cccc2c1[Si]c1ccccc1-2. The summed E-state index contributed by atoms with van der Waals surface area (Å²) in [6.07, 6.45) is 7.36. The van der Waals surface area contributed by atoms with Crippen LogP contribution in [0.2, 0.25) is 0 Å². The third-order valence-electron chi connectivity index (χ3n) is 15.1. The van der Waals surface area contributed by atoms with Crippen LogP contribution in [-0.2, 0) is 55.3 Å². The van der Waals surface area contributed by atoms with E-state index in [1.54, 1.807) is 0 Å². The molecular formula is C72H89Cl2SiZr-3. The van der Waals surface area contributed by atoms with Crippen molar-refractivity contribution in [2.24, 2.45) is 0 Å². The van der Waals surface area contributed by atoms with Crippen molar-refractivity contribution >= 4 is 58.5 Å². The Balaban J connectivity index is 0.000000192.